The van der Waals surface area contributed by atoms with Crippen LogP contribution in [0, 0.1) is 5.82 Å². The first kappa shape index (κ1) is 28.8. The van der Waals surface area contributed by atoms with Crippen molar-refractivity contribution in [2.75, 3.05) is 0 Å². The average molecular weight is 545 g/mol. The van der Waals surface area contributed by atoms with Gasteiger partial charge in [-0.05, 0) is 55.0 Å². The number of aliphatic carboxylic acids is 1. The maximum Gasteiger partial charge on any atom is 0.326 e. The molecule has 0 unspecified atom stereocenters. The molecule has 0 bridgehead atoms. The molecule has 0 aliphatic heterocycles. The number of amides is 2. The van der Waals surface area contributed by atoms with Crippen molar-refractivity contribution in [3.05, 3.63) is 76.7 Å². The van der Waals surface area contributed by atoms with E-state index in [1.54, 1.807) is 24.3 Å². The molecule has 9 nitrogen and oxygen atoms in total. The highest BCUT2D eigenvalue weighted by Crippen LogP contribution is 2.26. The number of nitrogens with zero attached hydrogens (tertiary/aromatic N) is 1. The smallest absolute Gasteiger partial charge is 0.326 e. The summed E-state index contributed by atoms with van der Waals surface area (Å²) in [6.45, 7) is 5.24. The zero-order valence-corrected chi connectivity index (χ0v) is 22.0. The molecule has 0 fully saturated rings. The Balaban J connectivity index is 1.84. The van der Waals surface area contributed by atoms with Gasteiger partial charge in [0.2, 0.25) is 5.91 Å². The Morgan fingerprint density at radius 3 is 2.37 bits per heavy atom. The van der Waals surface area contributed by atoms with Crippen molar-refractivity contribution < 1.29 is 28.3 Å². The van der Waals surface area contributed by atoms with Crippen molar-refractivity contribution in [1.29, 1.82) is 0 Å². The van der Waals surface area contributed by atoms with Gasteiger partial charge < -0.3 is 25.9 Å². The number of hydrogen-bond donors (Lipinski definition) is 4. The summed E-state index contributed by atoms with van der Waals surface area (Å²) in [5, 5.41) is 15.3. The largest absolute Gasteiger partial charge is 0.480 e. The van der Waals surface area contributed by atoms with E-state index in [0.29, 0.717) is 21.8 Å². The minimum atomic E-state index is -1.31. The molecular weight excluding hydrogens is 515 g/mol. The first-order valence-corrected chi connectivity index (χ1v) is 12.4. The summed E-state index contributed by atoms with van der Waals surface area (Å²) in [5.41, 5.74) is 7.85. The lowest BCUT2D eigenvalue weighted by Crippen LogP contribution is -2.51. The first-order valence-electron chi connectivity index (χ1n) is 12.0. The van der Waals surface area contributed by atoms with Crippen molar-refractivity contribution in [1.82, 2.24) is 15.6 Å². The molecule has 1 aromatic heterocycles. The van der Waals surface area contributed by atoms with Crippen LogP contribution in [-0.2, 0) is 16.0 Å². The number of oxazole rings is 1. The lowest BCUT2D eigenvalue weighted by Gasteiger charge is -2.23. The first-order chi connectivity index (χ1) is 17.9. The predicted octanol–water partition coefficient (Wildman–Crippen LogP) is 3.91. The Hall–Kier alpha value is -3.76. The molecule has 0 saturated heterocycles. The maximum absolute atomic E-state index is 14.3. The van der Waals surface area contributed by atoms with Crippen molar-refractivity contribution in [3.63, 3.8) is 0 Å². The van der Waals surface area contributed by atoms with E-state index in [0.717, 1.165) is 5.56 Å². The number of carboxylic acids is 1. The Morgan fingerprint density at radius 1 is 1.11 bits per heavy atom. The molecule has 3 aromatic rings. The highest BCUT2D eigenvalue weighted by atomic mass is 35.5. The van der Waals surface area contributed by atoms with Crippen LogP contribution < -0.4 is 16.4 Å². The van der Waals surface area contributed by atoms with Gasteiger partial charge in [-0.1, -0.05) is 49.7 Å². The van der Waals surface area contributed by atoms with Crippen LogP contribution in [0.15, 0.2) is 53.1 Å². The molecule has 3 atom stereocenters. The number of nitrogens with two attached hydrogens (primary N) is 1. The van der Waals surface area contributed by atoms with E-state index in [2.05, 4.69) is 15.6 Å². The van der Waals surface area contributed by atoms with Crippen LogP contribution in [0.4, 0.5) is 4.39 Å². The van der Waals surface area contributed by atoms with Crippen LogP contribution in [0.5, 0.6) is 0 Å². The van der Waals surface area contributed by atoms with E-state index in [1.807, 2.05) is 13.8 Å². The second-order valence-corrected chi connectivity index (χ2v) is 9.79. The molecule has 11 heteroatoms. The molecule has 0 aliphatic rings. The summed E-state index contributed by atoms with van der Waals surface area (Å²) in [6.07, 6.45) is 1.47. The van der Waals surface area contributed by atoms with E-state index in [1.165, 1.54) is 31.4 Å². The van der Waals surface area contributed by atoms with Crippen LogP contribution in [0.25, 0.3) is 11.1 Å². The summed E-state index contributed by atoms with van der Waals surface area (Å²) >= 11 is 6.01. The van der Waals surface area contributed by atoms with Gasteiger partial charge in [0.25, 0.3) is 5.89 Å². The number of rotatable bonds is 11. The van der Waals surface area contributed by atoms with Crippen LogP contribution in [0.1, 0.15) is 55.1 Å². The van der Waals surface area contributed by atoms with Gasteiger partial charge in [-0.15, -0.1) is 0 Å². The molecule has 2 aromatic carbocycles. The number of hydrogen-bond acceptors (Lipinski definition) is 6. The van der Waals surface area contributed by atoms with Crippen LogP contribution in [0.2, 0.25) is 5.02 Å². The fourth-order valence-corrected chi connectivity index (χ4v) is 3.90. The monoisotopic (exact) mass is 544 g/mol. The summed E-state index contributed by atoms with van der Waals surface area (Å²) in [4.78, 5) is 41.1. The quantitative estimate of drug-likeness (QED) is 0.286. The molecule has 0 spiro atoms. The van der Waals surface area contributed by atoms with E-state index in [-0.39, 0.29) is 24.7 Å². The summed E-state index contributed by atoms with van der Waals surface area (Å²) in [6, 6.07) is 8.21. The molecule has 3 rings (SSSR count). The van der Waals surface area contributed by atoms with Gasteiger partial charge in [0, 0.05) is 16.6 Å². The van der Waals surface area contributed by atoms with E-state index >= 15 is 0 Å². The van der Waals surface area contributed by atoms with Gasteiger partial charge in [0.05, 0.1) is 11.7 Å². The number of aromatic nitrogens is 1. The molecule has 5 N–H and O–H groups in total. The highest BCUT2D eigenvalue weighted by Gasteiger charge is 2.28. The van der Waals surface area contributed by atoms with Crippen LogP contribution in [-0.4, -0.2) is 46.0 Å². The average Bonchev–Trinajstić information content (AvgIpc) is 3.36. The number of nitrogens with one attached hydrogen (secondary N) is 2. The molecule has 1 heterocycles. The predicted molar refractivity (Wildman–Crippen MR) is 140 cm³/mol. The third-order valence-electron chi connectivity index (χ3n) is 5.87. The Labute approximate surface area is 224 Å². The minimum Gasteiger partial charge on any atom is -0.480 e. The van der Waals surface area contributed by atoms with Gasteiger partial charge in [-0.2, -0.15) is 0 Å². The van der Waals surface area contributed by atoms with Crippen molar-refractivity contribution >= 4 is 29.4 Å². The number of carboxylic acid groups (broad SMARTS) is 1. The molecule has 0 aliphatic carbocycles. The Bertz CT molecular complexity index is 1290. The number of halogens is 2. The second kappa shape index (κ2) is 12.7. The third-order valence-corrected chi connectivity index (χ3v) is 6.10. The normalized spacial score (nSPS) is 13.6. The lowest BCUT2D eigenvalue weighted by atomic mass is 9.96. The number of carbonyl (C=O) groups is 3. The van der Waals surface area contributed by atoms with Gasteiger partial charge in [0.1, 0.15) is 18.1 Å². The summed E-state index contributed by atoms with van der Waals surface area (Å²) in [5.74, 6) is -3.07. The summed E-state index contributed by atoms with van der Waals surface area (Å²) in [7, 11) is 0. The summed E-state index contributed by atoms with van der Waals surface area (Å²) < 4.78 is 19.6. The van der Waals surface area contributed by atoms with Gasteiger partial charge in [0.15, 0.2) is 0 Å². The van der Waals surface area contributed by atoms with Crippen molar-refractivity contribution in [2.24, 2.45) is 5.73 Å². The van der Waals surface area contributed by atoms with Gasteiger partial charge >= 0.3 is 11.9 Å². The third kappa shape index (κ3) is 7.62. The van der Waals surface area contributed by atoms with Gasteiger partial charge in [-0.3, -0.25) is 9.59 Å². The lowest BCUT2D eigenvalue weighted by molar-refractivity contribution is -0.142. The standard InChI is InChI=1S/C27H30ClFN4O5/c1-14(2)23-13-38-26(33-23)25(35)31-19(12-22(27(36)37)32-24(34)15(3)30)10-16-4-6-17(7-5-16)20-11-18(28)8-9-21(20)29/h4-9,11,13-15,19,22H,10,12,30H2,1-3H3,(H,31,35)(H,32,34)(H,36,37)/t15-,19+,22+/m0/s1. The molecular formula is C27H30ClFN4O5. The molecule has 202 valence electrons. The Morgan fingerprint density at radius 2 is 1.79 bits per heavy atom. The molecule has 0 radical (unpaired) electrons. The maximum atomic E-state index is 14.3. The fourth-order valence-electron chi connectivity index (χ4n) is 3.73. The van der Waals surface area contributed by atoms with E-state index in [9.17, 15) is 23.9 Å². The van der Waals surface area contributed by atoms with Crippen molar-refractivity contribution in [3.8, 4) is 11.1 Å². The van der Waals surface area contributed by atoms with Gasteiger partial charge in [-0.25, -0.2) is 14.2 Å². The van der Waals surface area contributed by atoms with Crippen LogP contribution in [0.3, 0.4) is 0 Å². The SMILES string of the molecule is CC(C)c1coc(C(=O)N[C@H](Cc2ccc(-c3cc(Cl)ccc3F)cc2)C[C@@H](NC(=O)[C@H](C)N)C(=O)O)n1. The topological polar surface area (TPSA) is 148 Å². The highest BCUT2D eigenvalue weighted by molar-refractivity contribution is 6.30. The Kier molecular flexibility index (Phi) is 9.60. The zero-order chi connectivity index (χ0) is 28.0. The van der Waals surface area contributed by atoms with Crippen molar-refractivity contribution in [2.45, 2.75) is 57.7 Å². The second-order valence-electron chi connectivity index (χ2n) is 9.35. The fraction of sp³-hybridized carbons (Fsp3) is 0.333. The molecule has 38 heavy (non-hydrogen) atoms. The van der Waals surface area contributed by atoms with E-state index in [4.69, 9.17) is 21.8 Å². The zero-order valence-electron chi connectivity index (χ0n) is 21.2. The molecule has 2 amide bonds. The number of carbonyl (C=O) groups excluding carboxylic acids is 2. The number of benzene rings is 2. The van der Waals surface area contributed by atoms with E-state index < -0.39 is 41.7 Å². The molecule has 0 saturated carbocycles. The minimum absolute atomic E-state index is 0.0452. The van der Waals surface area contributed by atoms with Crippen LogP contribution >= 0.6 is 11.6 Å².